The summed E-state index contributed by atoms with van der Waals surface area (Å²) < 4.78 is 0. The molecule has 3 nitrogen and oxygen atoms in total. The summed E-state index contributed by atoms with van der Waals surface area (Å²) in [5.41, 5.74) is 6.75. The van der Waals surface area contributed by atoms with E-state index in [1.165, 1.54) is 0 Å². The molecule has 4 heteroatoms. The van der Waals surface area contributed by atoms with Crippen molar-refractivity contribution in [2.75, 3.05) is 30.5 Å². The van der Waals surface area contributed by atoms with Crippen LogP contribution in [0.2, 0.25) is 0 Å². The second-order valence-electron chi connectivity index (χ2n) is 3.10. The van der Waals surface area contributed by atoms with E-state index in [-0.39, 0.29) is 0 Å². The van der Waals surface area contributed by atoms with Gasteiger partial charge in [0.15, 0.2) is 0 Å². The van der Waals surface area contributed by atoms with Crippen LogP contribution in [0, 0.1) is 0 Å². The van der Waals surface area contributed by atoms with Crippen molar-refractivity contribution in [1.82, 2.24) is 4.98 Å². The summed E-state index contributed by atoms with van der Waals surface area (Å²) in [7, 11) is 2.05. The smallest absolute Gasteiger partial charge is 0.132 e. The zero-order valence-electron chi connectivity index (χ0n) is 8.73. The minimum Gasteiger partial charge on any atom is -0.359 e. The summed E-state index contributed by atoms with van der Waals surface area (Å²) >= 11 is 1.84. The molecule has 2 N–H and O–H groups in total. The van der Waals surface area contributed by atoms with Gasteiger partial charge in [-0.2, -0.15) is 11.8 Å². The first-order valence-corrected chi connectivity index (χ1v) is 6.03. The molecule has 1 aromatic rings. The Balaban J connectivity index is 2.72. The highest BCUT2D eigenvalue weighted by Crippen LogP contribution is 2.14. The number of thioether (sulfide) groups is 1. The van der Waals surface area contributed by atoms with Crippen LogP contribution in [0.1, 0.15) is 5.56 Å². The second kappa shape index (κ2) is 5.88. The summed E-state index contributed by atoms with van der Waals surface area (Å²) in [4.78, 5) is 6.49. The van der Waals surface area contributed by atoms with Gasteiger partial charge in [0.25, 0.3) is 0 Å². The van der Waals surface area contributed by atoms with Gasteiger partial charge in [-0.05, 0) is 12.3 Å². The van der Waals surface area contributed by atoms with E-state index >= 15 is 0 Å². The van der Waals surface area contributed by atoms with Crippen LogP contribution in [-0.4, -0.2) is 30.6 Å². The van der Waals surface area contributed by atoms with Gasteiger partial charge in [0, 0.05) is 37.7 Å². The van der Waals surface area contributed by atoms with Crippen molar-refractivity contribution >= 4 is 17.6 Å². The molecule has 0 spiro atoms. The first-order chi connectivity index (χ1) is 6.79. The molecular weight excluding hydrogens is 194 g/mol. The van der Waals surface area contributed by atoms with Crippen LogP contribution < -0.4 is 10.6 Å². The van der Waals surface area contributed by atoms with E-state index in [0.717, 1.165) is 23.7 Å². The lowest BCUT2D eigenvalue weighted by atomic mass is 10.2. The predicted octanol–water partition coefficient (Wildman–Crippen LogP) is 1.34. The lowest BCUT2D eigenvalue weighted by Crippen LogP contribution is -2.23. The van der Waals surface area contributed by atoms with E-state index in [0.29, 0.717) is 6.54 Å². The molecule has 0 atom stereocenters. The van der Waals surface area contributed by atoms with E-state index in [2.05, 4.69) is 23.2 Å². The molecule has 1 heterocycles. The summed E-state index contributed by atoms with van der Waals surface area (Å²) in [5.74, 6) is 2.11. The van der Waals surface area contributed by atoms with Gasteiger partial charge in [-0.25, -0.2) is 4.98 Å². The lowest BCUT2D eigenvalue weighted by molar-refractivity contribution is 0.915. The van der Waals surface area contributed by atoms with Crippen molar-refractivity contribution in [3.05, 3.63) is 23.9 Å². The fourth-order valence-corrected chi connectivity index (χ4v) is 1.72. The van der Waals surface area contributed by atoms with Crippen LogP contribution in [-0.2, 0) is 6.54 Å². The van der Waals surface area contributed by atoms with Crippen molar-refractivity contribution in [3.8, 4) is 0 Å². The maximum absolute atomic E-state index is 5.65. The topological polar surface area (TPSA) is 42.2 Å². The molecule has 0 aliphatic carbocycles. The third-order valence-electron chi connectivity index (χ3n) is 2.08. The van der Waals surface area contributed by atoms with Crippen LogP contribution in [0.4, 0.5) is 5.82 Å². The second-order valence-corrected chi connectivity index (χ2v) is 4.09. The van der Waals surface area contributed by atoms with Gasteiger partial charge in [-0.1, -0.05) is 6.07 Å². The van der Waals surface area contributed by atoms with Crippen LogP contribution in [0.25, 0.3) is 0 Å². The van der Waals surface area contributed by atoms with Crippen molar-refractivity contribution in [3.63, 3.8) is 0 Å². The molecule has 1 aromatic heterocycles. The molecule has 0 saturated heterocycles. The fraction of sp³-hybridized carbons (Fsp3) is 0.500. The maximum Gasteiger partial charge on any atom is 0.132 e. The molecule has 0 saturated carbocycles. The zero-order chi connectivity index (χ0) is 10.4. The van der Waals surface area contributed by atoms with Crippen molar-refractivity contribution in [2.24, 2.45) is 5.73 Å². The minimum absolute atomic E-state index is 0.548. The van der Waals surface area contributed by atoms with Gasteiger partial charge in [-0.3, -0.25) is 0 Å². The summed E-state index contributed by atoms with van der Waals surface area (Å²) in [5, 5.41) is 0. The monoisotopic (exact) mass is 211 g/mol. The number of nitrogens with zero attached hydrogens (tertiary/aromatic N) is 2. The number of hydrogen-bond acceptors (Lipinski definition) is 4. The van der Waals surface area contributed by atoms with Crippen molar-refractivity contribution in [1.29, 1.82) is 0 Å². The fourth-order valence-electron chi connectivity index (χ4n) is 1.27. The maximum atomic E-state index is 5.65. The molecular formula is C10H17N3S. The molecule has 0 aromatic carbocycles. The number of rotatable bonds is 5. The van der Waals surface area contributed by atoms with Gasteiger partial charge in [-0.15, -0.1) is 0 Å². The Hall–Kier alpha value is -0.740. The average Bonchev–Trinajstić information content (AvgIpc) is 2.25. The molecule has 78 valence electrons. The number of nitrogens with two attached hydrogens (primary N) is 1. The summed E-state index contributed by atoms with van der Waals surface area (Å²) in [6.07, 6.45) is 3.92. The third-order valence-corrected chi connectivity index (χ3v) is 2.67. The zero-order valence-corrected chi connectivity index (χ0v) is 9.55. The summed E-state index contributed by atoms with van der Waals surface area (Å²) in [6, 6.07) is 3.95. The number of hydrogen-bond donors (Lipinski definition) is 1. The molecule has 0 amide bonds. The van der Waals surface area contributed by atoms with Gasteiger partial charge in [0.2, 0.25) is 0 Å². The Morgan fingerprint density at radius 3 is 3.00 bits per heavy atom. The molecule has 0 fully saturated rings. The Labute approximate surface area is 89.7 Å². The molecule has 0 radical (unpaired) electrons. The lowest BCUT2D eigenvalue weighted by Gasteiger charge is -2.19. The summed E-state index contributed by atoms with van der Waals surface area (Å²) in [6.45, 7) is 1.55. The SMILES string of the molecule is CSCCN(C)c1ncccc1CN. The minimum atomic E-state index is 0.548. The van der Waals surface area contributed by atoms with Gasteiger partial charge in [0.1, 0.15) is 5.82 Å². The quantitative estimate of drug-likeness (QED) is 0.798. The largest absolute Gasteiger partial charge is 0.359 e. The first kappa shape index (κ1) is 11.3. The van der Waals surface area contributed by atoms with Crippen LogP contribution in [0.5, 0.6) is 0 Å². The van der Waals surface area contributed by atoms with Crippen molar-refractivity contribution < 1.29 is 0 Å². The number of pyridine rings is 1. The Morgan fingerprint density at radius 1 is 1.57 bits per heavy atom. The van der Waals surface area contributed by atoms with E-state index in [1.807, 2.05) is 30.1 Å². The molecule has 1 rings (SSSR count). The Bertz CT molecular complexity index is 278. The van der Waals surface area contributed by atoms with Crippen LogP contribution in [0.3, 0.4) is 0 Å². The van der Waals surface area contributed by atoms with Crippen LogP contribution >= 0.6 is 11.8 Å². The Kier molecular flexibility index (Phi) is 4.76. The normalized spacial score (nSPS) is 10.2. The predicted molar refractivity (Wildman–Crippen MR) is 63.8 cm³/mol. The average molecular weight is 211 g/mol. The molecule has 0 bridgehead atoms. The van der Waals surface area contributed by atoms with Crippen molar-refractivity contribution in [2.45, 2.75) is 6.54 Å². The molecule has 14 heavy (non-hydrogen) atoms. The van der Waals surface area contributed by atoms with E-state index < -0.39 is 0 Å². The van der Waals surface area contributed by atoms with E-state index in [1.54, 1.807) is 0 Å². The van der Waals surface area contributed by atoms with E-state index in [9.17, 15) is 0 Å². The number of aromatic nitrogens is 1. The molecule has 0 aliphatic heterocycles. The van der Waals surface area contributed by atoms with Gasteiger partial charge >= 0.3 is 0 Å². The van der Waals surface area contributed by atoms with Gasteiger partial charge in [0.05, 0.1) is 0 Å². The Morgan fingerprint density at radius 2 is 2.36 bits per heavy atom. The number of anilines is 1. The van der Waals surface area contributed by atoms with E-state index in [4.69, 9.17) is 5.73 Å². The third kappa shape index (κ3) is 2.89. The molecule has 0 aliphatic rings. The van der Waals surface area contributed by atoms with Crippen LogP contribution in [0.15, 0.2) is 18.3 Å². The highest BCUT2D eigenvalue weighted by Gasteiger charge is 2.05. The highest BCUT2D eigenvalue weighted by atomic mass is 32.2. The highest BCUT2D eigenvalue weighted by molar-refractivity contribution is 7.98. The standard InChI is InChI=1S/C10H17N3S/c1-13(6-7-14-2)10-9(8-11)4-3-5-12-10/h3-5H,6-8,11H2,1-2H3. The first-order valence-electron chi connectivity index (χ1n) is 4.63. The van der Waals surface area contributed by atoms with Gasteiger partial charge < -0.3 is 10.6 Å². The molecule has 0 unspecified atom stereocenters.